The number of carbonyl (C=O) groups excluding carboxylic acids is 1. The van der Waals surface area contributed by atoms with Crippen molar-refractivity contribution in [2.75, 3.05) is 13.2 Å². The Kier molecular flexibility index (Phi) is 5.83. The zero-order valence-corrected chi connectivity index (χ0v) is 8.05. The van der Waals surface area contributed by atoms with Crippen molar-refractivity contribution in [3.63, 3.8) is 0 Å². The van der Waals surface area contributed by atoms with Crippen LogP contribution in [-0.4, -0.2) is 51.4 Å². The van der Waals surface area contributed by atoms with Crippen LogP contribution >= 0.6 is 0 Å². The van der Waals surface area contributed by atoms with E-state index in [1.54, 1.807) is 0 Å². The highest BCUT2D eigenvalue weighted by molar-refractivity contribution is 5.77. The number of aliphatic carboxylic acids is 1. The third-order valence-corrected chi connectivity index (χ3v) is 1.57. The van der Waals surface area contributed by atoms with Crippen molar-refractivity contribution in [2.24, 2.45) is 0 Å². The van der Waals surface area contributed by atoms with E-state index in [9.17, 15) is 9.59 Å². The monoisotopic (exact) mass is 222 g/mol. The second-order valence-corrected chi connectivity index (χ2v) is 2.92. The third-order valence-electron chi connectivity index (χ3n) is 1.57. The number of esters is 1. The van der Waals surface area contributed by atoms with E-state index in [2.05, 4.69) is 4.74 Å². The molecule has 7 nitrogen and oxygen atoms in total. The molecular weight excluding hydrogens is 208 g/mol. The molecule has 0 aliphatic carbocycles. The Morgan fingerprint density at radius 2 is 1.87 bits per heavy atom. The van der Waals surface area contributed by atoms with E-state index in [4.69, 9.17) is 20.4 Å². The molecule has 0 spiro atoms. The van der Waals surface area contributed by atoms with E-state index in [0.717, 1.165) is 0 Å². The number of aliphatic hydroxyl groups excluding tert-OH is 1. The van der Waals surface area contributed by atoms with Crippen molar-refractivity contribution < 1.29 is 34.8 Å². The molecule has 0 rings (SSSR count). The Morgan fingerprint density at radius 1 is 1.27 bits per heavy atom. The van der Waals surface area contributed by atoms with Gasteiger partial charge in [-0.2, -0.15) is 0 Å². The number of hydrogen-bond acceptors (Lipinski definition) is 6. The quantitative estimate of drug-likeness (QED) is 0.304. The topological polar surface area (TPSA) is 124 Å². The van der Waals surface area contributed by atoms with Gasteiger partial charge in [0.15, 0.2) is 0 Å². The first-order valence-corrected chi connectivity index (χ1v) is 4.35. The van der Waals surface area contributed by atoms with Crippen molar-refractivity contribution in [2.45, 2.75) is 25.0 Å². The van der Waals surface area contributed by atoms with Gasteiger partial charge in [-0.25, -0.2) is 4.79 Å². The lowest BCUT2D eigenvalue weighted by atomic mass is 10.1. The number of rotatable bonds is 7. The van der Waals surface area contributed by atoms with Gasteiger partial charge in [-0.05, 0) is 6.42 Å². The van der Waals surface area contributed by atoms with Crippen LogP contribution in [0.4, 0.5) is 0 Å². The van der Waals surface area contributed by atoms with Gasteiger partial charge in [0.05, 0.1) is 6.61 Å². The van der Waals surface area contributed by atoms with Gasteiger partial charge in [-0.1, -0.05) is 0 Å². The van der Waals surface area contributed by atoms with Crippen LogP contribution in [0.3, 0.4) is 0 Å². The molecule has 0 saturated heterocycles. The summed E-state index contributed by atoms with van der Waals surface area (Å²) in [5.41, 5.74) is 0. The van der Waals surface area contributed by atoms with E-state index < -0.39 is 30.8 Å². The zero-order valence-electron chi connectivity index (χ0n) is 8.05. The number of carboxylic acid groups (broad SMARTS) is 1. The molecule has 0 aliphatic heterocycles. The van der Waals surface area contributed by atoms with Crippen LogP contribution in [0, 0.1) is 0 Å². The fourth-order valence-corrected chi connectivity index (χ4v) is 0.842. The second-order valence-electron chi connectivity index (χ2n) is 2.92. The molecule has 0 aromatic heterocycles. The highest BCUT2D eigenvalue weighted by atomic mass is 16.6. The maximum atomic E-state index is 10.9. The maximum absolute atomic E-state index is 10.9. The second kappa shape index (κ2) is 6.33. The van der Waals surface area contributed by atoms with E-state index >= 15 is 0 Å². The van der Waals surface area contributed by atoms with Gasteiger partial charge in [-0.3, -0.25) is 4.79 Å². The molecule has 0 radical (unpaired) electrons. The standard InChI is InChI=1S/C8H14O7/c9-4-5-15-7(12)8(13,14)3-1-2-6(10)11/h9,13-14H,1-5H2,(H,10,11). The van der Waals surface area contributed by atoms with Crippen molar-refractivity contribution in [1.82, 2.24) is 0 Å². The van der Waals surface area contributed by atoms with Crippen LogP contribution < -0.4 is 0 Å². The predicted octanol–water partition coefficient (Wildman–Crippen LogP) is -1.54. The molecule has 0 saturated carbocycles. The van der Waals surface area contributed by atoms with Gasteiger partial charge >= 0.3 is 11.9 Å². The molecule has 7 heteroatoms. The largest absolute Gasteiger partial charge is 0.481 e. The first kappa shape index (κ1) is 13.8. The van der Waals surface area contributed by atoms with Crippen LogP contribution in [0.25, 0.3) is 0 Å². The molecule has 15 heavy (non-hydrogen) atoms. The minimum Gasteiger partial charge on any atom is -0.481 e. The minimum atomic E-state index is -2.69. The lowest BCUT2D eigenvalue weighted by Gasteiger charge is -2.18. The summed E-state index contributed by atoms with van der Waals surface area (Å²) in [5, 5.41) is 34.8. The van der Waals surface area contributed by atoms with Crippen molar-refractivity contribution in [1.29, 1.82) is 0 Å². The number of aliphatic hydroxyl groups is 3. The molecule has 0 bridgehead atoms. The molecule has 0 unspecified atom stereocenters. The number of carbonyl (C=O) groups is 2. The van der Waals surface area contributed by atoms with Crippen LogP contribution in [0.1, 0.15) is 19.3 Å². The van der Waals surface area contributed by atoms with Gasteiger partial charge in [0.2, 0.25) is 0 Å². The van der Waals surface area contributed by atoms with Crippen molar-refractivity contribution in [3.8, 4) is 0 Å². The van der Waals surface area contributed by atoms with E-state index in [0.29, 0.717) is 0 Å². The first-order chi connectivity index (χ1) is 6.90. The Morgan fingerprint density at radius 3 is 2.33 bits per heavy atom. The third kappa shape index (κ3) is 6.00. The van der Waals surface area contributed by atoms with Gasteiger partial charge < -0.3 is 25.2 Å². The molecule has 0 aromatic rings. The van der Waals surface area contributed by atoms with E-state index in [1.165, 1.54) is 0 Å². The molecule has 0 fully saturated rings. The highest BCUT2D eigenvalue weighted by Crippen LogP contribution is 2.12. The maximum Gasteiger partial charge on any atom is 0.366 e. The highest BCUT2D eigenvalue weighted by Gasteiger charge is 2.34. The van der Waals surface area contributed by atoms with Crippen molar-refractivity contribution >= 4 is 11.9 Å². The molecule has 88 valence electrons. The fraction of sp³-hybridized carbons (Fsp3) is 0.750. The van der Waals surface area contributed by atoms with Crippen LogP contribution in [0.15, 0.2) is 0 Å². The van der Waals surface area contributed by atoms with Crippen LogP contribution in [0.5, 0.6) is 0 Å². The Bertz CT molecular complexity index is 223. The van der Waals surface area contributed by atoms with Crippen LogP contribution in [0.2, 0.25) is 0 Å². The summed E-state index contributed by atoms with van der Waals surface area (Å²) < 4.78 is 4.28. The summed E-state index contributed by atoms with van der Waals surface area (Å²) in [5.74, 6) is -5.07. The SMILES string of the molecule is O=C(O)CCCC(O)(O)C(=O)OCCO. The fourth-order valence-electron chi connectivity index (χ4n) is 0.842. The Balaban J connectivity index is 3.93. The lowest BCUT2D eigenvalue weighted by Crippen LogP contribution is -2.40. The van der Waals surface area contributed by atoms with E-state index in [1.807, 2.05) is 0 Å². The molecule has 0 aliphatic rings. The molecule has 0 atom stereocenters. The van der Waals surface area contributed by atoms with Gasteiger partial charge in [-0.15, -0.1) is 0 Å². The average Bonchev–Trinajstić information content (AvgIpc) is 2.13. The van der Waals surface area contributed by atoms with Gasteiger partial charge in [0.25, 0.3) is 5.79 Å². The smallest absolute Gasteiger partial charge is 0.366 e. The summed E-state index contributed by atoms with van der Waals surface area (Å²) >= 11 is 0. The zero-order chi connectivity index (χ0) is 11.9. The molecule has 4 N–H and O–H groups in total. The number of carboxylic acids is 1. The molecular formula is C8H14O7. The molecule has 0 amide bonds. The first-order valence-electron chi connectivity index (χ1n) is 4.35. The molecule has 0 heterocycles. The van der Waals surface area contributed by atoms with Crippen molar-refractivity contribution in [3.05, 3.63) is 0 Å². The summed E-state index contributed by atoms with van der Waals surface area (Å²) in [6.07, 6.45) is -0.754. The Hall–Kier alpha value is -1.18. The predicted molar refractivity (Wildman–Crippen MR) is 46.7 cm³/mol. The minimum absolute atomic E-state index is 0.0590. The molecule has 0 aromatic carbocycles. The summed E-state index contributed by atoms with van der Waals surface area (Å²) in [6, 6.07) is 0. The number of ether oxygens (including phenoxy) is 1. The van der Waals surface area contributed by atoms with Crippen LogP contribution in [-0.2, 0) is 14.3 Å². The summed E-state index contributed by atoms with van der Waals surface area (Å²) in [4.78, 5) is 21.0. The average molecular weight is 222 g/mol. The Labute approximate surface area is 85.9 Å². The van der Waals surface area contributed by atoms with Gasteiger partial charge in [0.1, 0.15) is 6.61 Å². The summed E-state index contributed by atoms with van der Waals surface area (Å²) in [7, 11) is 0. The van der Waals surface area contributed by atoms with Gasteiger partial charge in [0, 0.05) is 12.8 Å². The van der Waals surface area contributed by atoms with E-state index in [-0.39, 0.29) is 19.4 Å². The number of hydrogen-bond donors (Lipinski definition) is 4. The lowest BCUT2D eigenvalue weighted by molar-refractivity contribution is -0.212. The normalized spacial score (nSPS) is 11.1. The summed E-state index contributed by atoms with van der Waals surface area (Å²) in [6.45, 7) is -0.752.